The van der Waals surface area contributed by atoms with E-state index in [1.54, 1.807) is 0 Å². The van der Waals surface area contributed by atoms with Crippen LogP contribution in [0, 0.1) is 5.92 Å². The Morgan fingerprint density at radius 1 is 1.50 bits per heavy atom. The molecule has 2 heterocycles. The van der Waals surface area contributed by atoms with Crippen LogP contribution < -0.4 is 5.32 Å². The topological polar surface area (TPSA) is 64.9 Å². The smallest absolute Gasteiger partial charge is 0.165 e. The summed E-state index contributed by atoms with van der Waals surface area (Å²) in [6.45, 7) is 8.85. The molecule has 0 radical (unpaired) electrons. The Labute approximate surface area is 108 Å². The van der Waals surface area contributed by atoms with Gasteiger partial charge in [0.25, 0.3) is 0 Å². The second-order valence-corrected chi connectivity index (χ2v) is 5.18. The van der Waals surface area contributed by atoms with E-state index in [9.17, 15) is 0 Å². The molecule has 0 bridgehead atoms. The molecule has 18 heavy (non-hydrogen) atoms. The fraction of sp³-hybridized carbons (Fsp3) is 0.917. The first-order chi connectivity index (χ1) is 8.70. The van der Waals surface area contributed by atoms with Crippen LogP contribution in [0.15, 0.2) is 0 Å². The highest BCUT2D eigenvalue weighted by Gasteiger charge is 2.28. The monoisotopic (exact) mass is 253 g/mol. The fourth-order valence-corrected chi connectivity index (χ4v) is 2.36. The number of ether oxygens (including phenoxy) is 1. The summed E-state index contributed by atoms with van der Waals surface area (Å²) in [5, 5.41) is 15.3. The molecule has 1 N–H and O–H groups in total. The molecule has 1 saturated heterocycles. The van der Waals surface area contributed by atoms with Gasteiger partial charge >= 0.3 is 0 Å². The molecule has 1 aromatic heterocycles. The molecule has 0 aromatic carbocycles. The van der Waals surface area contributed by atoms with Crippen molar-refractivity contribution in [1.29, 1.82) is 0 Å². The van der Waals surface area contributed by atoms with E-state index in [-0.39, 0.29) is 0 Å². The first kappa shape index (κ1) is 13.4. The Balaban J connectivity index is 1.94. The third kappa shape index (κ3) is 3.26. The third-order valence-electron chi connectivity index (χ3n) is 3.43. The van der Waals surface area contributed by atoms with Gasteiger partial charge in [-0.1, -0.05) is 20.8 Å². The number of hydrogen-bond acceptors (Lipinski definition) is 5. The lowest BCUT2D eigenvalue weighted by atomic mass is 10.00. The second-order valence-electron chi connectivity index (χ2n) is 5.18. The molecule has 6 heteroatoms. The number of aromatic nitrogens is 4. The maximum Gasteiger partial charge on any atom is 0.165 e. The van der Waals surface area contributed by atoms with E-state index in [2.05, 4.69) is 41.6 Å². The molecule has 1 fully saturated rings. The first-order valence-electron chi connectivity index (χ1n) is 6.80. The quantitative estimate of drug-likeness (QED) is 0.819. The zero-order chi connectivity index (χ0) is 13.0. The Bertz CT molecular complexity index is 365. The van der Waals surface area contributed by atoms with Crippen molar-refractivity contribution in [3.05, 3.63) is 5.82 Å². The second kappa shape index (κ2) is 6.24. The van der Waals surface area contributed by atoms with E-state index < -0.39 is 0 Å². The number of hydrogen-bond donors (Lipinski definition) is 1. The number of nitrogens with one attached hydrogen (secondary N) is 1. The highest BCUT2D eigenvalue weighted by Crippen LogP contribution is 2.24. The molecule has 0 aliphatic carbocycles. The maximum atomic E-state index is 5.70. The first-order valence-corrected chi connectivity index (χ1v) is 6.80. The van der Waals surface area contributed by atoms with Crippen molar-refractivity contribution in [2.75, 3.05) is 6.61 Å². The summed E-state index contributed by atoms with van der Waals surface area (Å²) in [5.41, 5.74) is 0. The summed E-state index contributed by atoms with van der Waals surface area (Å²) in [5.74, 6) is 1.45. The summed E-state index contributed by atoms with van der Waals surface area (Å²) in [6.07, 6.45) is 2.53. The lowest BCUT2D eigenvalue weighted by molar-refractivity contribution is 0.0821. The van der Waals surface area contributed by atoms with E-state index >= 15 is 0 Å². The Morgan fingerprint density at radius 3 is 3.06 bits per heavy atom. The van der Waals surface area contributed by atoms with Crippen molar-refractivity contribution >= 4 is 0 Å². The molecule has 2 atom stereocenters. The largest absolute Gasteiger partial charge is 0.378 e. The fourth-order valence-electron chi connectivity index (χ4n) is 2.36. The van der Waals surface area contributed by atoms with Crippen molar-refractivity contribution in [2.45, 2.75) is 58.8 Å². The Morgan fingerprint density at radius 2 is 2.33 bits per heavy atom. The van der Waals surface area contributed by atoms with Crippen LogP contribution in [0.1, 0.15) is 39.4 Å². The predicted octanol–water partition coefficient (Wildman–Crippen LogP) is 0.986. The van der Waals surface area contributed by atoms with Gasteiger partial charge in [-0.2, -0.15) is 0 Å². The van der Waals surface area contributed by atoms with Crippen LogP contribution in [0.25, 0.3) is 0 Å². The zero-order valence-electron chi connectivity index (χ0n) is 11.5. The van der Waals surface area contributed by atoms with Crippen LogP contribution >= 0.6 is 0 Å². The molecule has 102 valence electrons. The minimum Gasteiger partial charge on any atom is -0.378 e. The lowest BCUT2D eigenvalue weighted by Gasteiger charge is -2.17. The van der Waals surface area contributed by atoms with E-state index in [1.807, 2.05) is 4.68 Å². The summed E-state index contributed by atoms with van der Waals surface area (Å²) < 4.78 is 7.62. The van der Waals surface area contributed by atoms with Crippen LogP contribution in [-0.2, 0) is 17.8 Å². The molecular weight excluding hydrogens is 230 g/mol. The molecular formula is C12H23N5O. The molecule has 2 unspecified atom stereocenters. The summed E-state index contributed by atoms with van der Waals surface area (Å²) in [4.78, 5) is 0. The van der Waals surface area contributed by atoms with Crippen LogP contribution in [0.3, 0.4) is 0 Å². The minimum absolute atomic E-state index is 0.361. The molecule has 0 amide bonds. The molecule has 2 rings (SSSR count). The maximum absolute atomic E-state index is 5.70. The number of rotatable bonds is 6. The van der Waals surface area contributed by atoms with Crippen LogP contribution in [0.4, 0.5) is 0 Å². The summed E-state index contributed by atoms with van der Waals surface area (Å²) >= 11 is 0. The van der Waals surface area contributed by atoms with Crippen molar-refractivity contribution < 1.29 is 4.74 Å². The molecule has 1 aliphatic heterocycles. The SMILES string of the molecule is CCC1OCCC1Cn1nnnc1CNC(C)C. The van der Waals surface area contributed by atoms with Gasteiger partial charge in [-0.3, -0.25) is 0 Å². The van der Waals surface area contributed by atoms with Gasteiger partial charge in [0, 0.05) is 18.6 Å². The Hall–Kier alpha value is -1.01. The van der Waals surface area contributed by atoms with Gasteiger partial charge in [0.1, 0.15) is 0 Å². The number of nitrogens with zero attached hydrogens (tertiary/aromatic N) is 4. The third-order valence-corrected chi connectivity index (χ3v) is 3.43. The van der Waals surface area contributed by atoms with Crippen LogP contribution in [-0.4, -0.2) is 39.0 Å². The van der Waals surface area contributed by atoms with Crippen molar-refractivity contribution in [2.24, 2.45) is 5.92 Å². The summed E-state index contributed by atoms with van der Waals surface area (Å²) in [6, 6.07) is 0.438. The standard InChI is InChI=1S/C12H23N5O/c1-4-11-10(5-6-18-11)8-17-12(14-15-16-17)7-13-9(2)3/h9-11,13H,4-8H2,1-3H3. The minimum atomic E-state index is 0.361. The van der Waals surface area contributed by atoms with E-state index in [4.69, 9.17) is 4.74 Å². The average Bonchev–Trinajstić information content (AvgIpc) is 2.96. The predicted molar refractivity (Wildman–Crippen MR) is 67.9 cm³/mol. The molecule has 1 aliphatic rings. The lowest BCUT2D eigenvalue weighted by Crippen LogP contribution is -2.26. The van der Waals surface area contributed by atoms with Crippen LogP contribution in [0.5, 0.6) is 0 Å². The summed E-state index contributed by atoms with van der Waals surface area (Å²) in [7, 11) is 0. The molecule has 0 saturated carbocycles. The van der Waals surface area contributed by atoms with Crippen molar-refractivity contribution in [1.82, 2.24) is 25.5 Å². The van der Waals surface area contributed by atoms with Crippen molar-refractivity contribution in [3.63, 3.8) is 0 Å². The average molecular weight is 253 g/mol. The van der Waals surface area contributed by atoms with E-state index in [1.165, 1.54) is 0 Å². The van der Waals surface area contributed by atoms with Gasteiger partial charge in [-0.15, -0.1) is 5.10 Å². The normalized spacial score (nSPS) is 24.0. The highest BCUT2D eigenvalue weighted by atomic mass is 16.5. The van der Waals surface area contributed by atoms with Gasteiger partial charge < -0.3 is 10.1 Å². The van der Waals surface area contributed by atoms with Gasteiger partial charge in [0.2, 0.25) is 0 Å². The zero-order valence-corrected chi connectivity index (χ0v) is 11.5. The Kier molecular flexibility index (Phi) is 4.66. The van der Waals surface area contributed by atoms with E-state index in [0.717, 1.165) is 38.4 Å². The molecule has 1 aromatic rings. The highest BCUT2D eigenvalue weighted by molar-refractivity contribution is 4.84. The van der Waals surface area contributed by atoms with Crippen LogP contribution in [0.2, 0.25) is 0 Å². The van der Waals surface area contributed by atoms with E-state index in [0.29, 0.717) is 18.1 Å². The van der Waals surface area contributed by atoms with Crippen molar-refractivity contribution in [3.8, 4) is 0 Å². The number of tetrazole rings is 1. The van der Waals surface area contributed by atoms with Gasteiger partial charge in [-0.05, 0) is 23.3 Å². The molecule has 0 spiro atoms. The van der Waals surface area contributed by atoms with Gasteiger partial charge in [0.15, 0.2) is 5.82 Å². The van der Waals surface area contributed by atoms with Gasteiger partial charge in [0.05, 0.1) is 19.2 Å². The van der Waals surface area contributed by atoms with Gasteiger partial charge in [-0.25, -0.2) is 4.68 Å². The molecule has 6 nitrogen and oxygen atoms in total.